The maximum absolute atomic E-state index is 14.2. The molecule has 0 radical (unpaired) electrons. The van der Waals surface area contributed by atoms with E-state index in [0.717, 1.165) is 18.2 Å². The lowest BCUT2D eigenvalue weighted by atomic mass is 10.2. The van der Waals surface area contributed by atoms with Crippen LogP contribution in [0.1, 0.15) is 12.8 Å². The zero-order chi connectivity index (χ0) is 20.0. The van der Waals surface area contributed by atoms with Gasteiger partial charge in [0.15, 0.2) is 11.0 Å². The van der Waals surface area contributed by atoms with Gasteiger partial charge >= 0.3 is 0 Å². The number of halogens is 3. The average molecular weight is 437 g/mol. The Kier molecular flexibility index (Phi) is 7.72. The number of nitrogens with one attached hydrogen (secondary N) is 1. The van der Waals surface area contributed by atoms with Crippen molar-refractivity contribution < 1.29 is 21.4 Å². The summed E-state index contributed by atoms with van der Waals surface area (Å²) in [6.07, 6.45) is 0.588. The zero-order valence-electron chi connectivity index (χ0n) is 14.5. The largest absolute Gasteiger partial charge is 0.285 e. The van der Waals surface area contributed by atoms with Crippen LogP contribution < -0.4 is 9.03 Å². The molecule has 2 aromatic rings. The minimum absolute atomic E-state index is 0.0782. The molecule has 2 aromatic carbocycles. The van der Waals surface area contributed by atoms with Crippen LogP contribution in [-0.2, 0) is 21.0 Å². The Morgan fingerprint density at radius 1 is 1.11 bits per heavy atom. The summed E-state index contributed by atoms with van der Waals surface area (Å²) in [5.74, 6) is -1.50. The quantitative estimate of drug-likeness (QED) is 0.612. The molecule has 0 saturated heterocycles. The van der Waals surface area contributed by atoms with Crippen molar-refractivity contribution in [2.75, 3.05) is 23.7 Å². The summed E-state index contributed by atoms with van der Waals surface area (Å²) in [6, 6.07) is 9.07. The van der Waals surface area contributed by atoms with Crippen LogP contribution in [0.25, 0.3) is 0 Å². The fraction of sp³-hybridized carbons (Fsp3) is 0.294. The van der Waals surface area contributed by atoms with E-state index in [0.29, 0.717) is 16.3 Å². The lowest BCUT2D eigenvalue weighted by Gasteiger charge is -2.24. The van der Waals surface area contributed by atoms with Gasteiger partial charge in [0.25, 0.3) is 0 Å². The van der Waals surface area contributed by atoms with Crippen LogP contribution in [0.15, 0.2) is 47.4 Å². The molecule has 0 saturated carbocycles. The van der Waals surface area contributed by atoms with E-state index < -0.39 is 32.6 Å². The first kappa shape index (κ1) is 21.7. The zero-order valence-corrected chi connectivity index (χ0v) is 16.9. The fourth-order valence-electron chi connectivity index (χ4n) is 2.30. The lowest BCUT2D eigenvalue weighted by molar-refractivity contribution is 0.583. The van der Waals surface area contributed by atoms with Gasteiger partial charge in [0, 0.05) is 17.6 Å². The van der Waals surface area contributed by atoms with Crippen molar-refractivity contribution >= 4 is 38.3 Å². The van der Waals surface area contributed by atoms with Gasteiger partial charge in [-0.3, -0.25) is 4.31 Å². The Morgan fingerprint density at radius 2 is 1.78 bits per heavy atom. The number of hydrogen-bond acceptors (Lipinski definition) is 3. The van der Waals surface area contributed by atoms with Crippen LogP contribution in [-0.4, -0.2) is 32.0 Å². The van der Waals surface area contributed by atoms with Gasteiger partial charge in [0.2, 0.25) is 10.0 Å². The maximum atomic E-state index is 14.2. The van der Waals surface area contributed by atoms with E-state index in [1.807, 2.05) is 0 Å². The van der Waals surface area contributed by atoms with E-state index >= 15 is 0 Å². The van der Waals surface area contributed by atoms with Crippen LogP contribution >= 0.6 is 11.6 Å². The molecule has 0 aliphatic heterocycles. The van der Waals surface area contributed by atoms with Gasteiger partial charge in [0.1, 0.15) is 11.6 Å². The normalized spacial score (nSPS) is 12.7. The second kappa shape index (κ2) is 9.59. The van der Waals surface area contributed by atoms with E-state index in [-0.39, 0.29) is 24.4 Å². The van der Waals surface area contributed by atoms with E-state index in [1.165, 1.54) is 23.5 Å². The number of rotatable bonds is 9. The monoisotopic (exact) mass is 436 g/mol. The molecule has 1 N–H and O–H groups in total. The molecule has 10 heteroatoms. The first-order valence-electron chi connectivity index (χ1n) is 8.05. The van der Waals surface area contributed by atoms with Gasteiger partial charge in [-0.1, -0.05) is 11.6 Å². The van der Waals surface area contributed by atoms with Gasteiger partial charge in [0.05, 0.1) is 16.3 Å². The molecule has 0 bridgehead atoms. The number of benzene rings is 2. The van der Waals surface area contributed by atoms with Crippen molar-refractivity contribution in [3.05, 3.63) is 59.1 Å². The Labute approximate surface area is 165 Å². The Balaban J connectivity index is 2.24. The standard InChI is InChI=1S/C17H19ClF2N2O3S2/c1-21-27(24,25)11-3-2-10-22(17-12-14(19)6-9-16(17)20)26(23)15-7-4-13(18)5-8-15/h4-9,12,21H,2-3,10-11H2,1H3. The third kappa shape index (κ3) is 6.24. The highest BCUT2D eigenvalue weighted by atomic mass is 35.5. The summed E-state index contributed by atoms with van der Waals surface area (Å²) < 4.78 is 67.2. The lowest BCUT2D eigenvalue weighted by Crippen LogP contribution is -2.29. The summed E-state index contributed by atoms with van der Waals surface area (Å²) in [5, 5.41) is 0.455. The molecule has 0 aromatic heterocycles. The second-order valence-corrected chi connectivity index (χ2v) is 9.52. The third-order valence-corrected chi connectivity index (χ3v) is 6.88. The number of anilines is 1. The summed E-state index contributed by atoms with van der Waals surface area (Å²) in [4.78, 5) is 0.367. The van der Waals surface area contributed by atoms with Gasteiger partial charge in [-0.25, -0.2) is 26.1 Å². The van der Waals surface area contributed by atoms with Crippen LogP contribution in [0.2, 0.25) is 5.02 Å². The predicted molar refractivity (Wildman–Crippen MR) is 104 cm³/mol. The molecule has 0 amide bonds. The first-order valence-corrected chi connectivity index (χ1v) is 11.2. The van der Waals surface area contributed by atoms with Crippen molar-refractivity contribution in [1.29, 1.82) is 0 Å². The highest BCUT2D eigenvalue weighted by Gasteiger charge is 2.20. The Hall–Kier alpha value is -1.55. The van der Waals surface area contributed by atoms with Crippen molar-refractivity contribution in [3.63, 3.8) is 0 Å². The van der Waals surface area contributed by atoms with Gasteiger partial charge in [-0.15, -0.1) is 0 Å². The highest BCUT2D eigenvalue weighted by molar-refractivity contribution is 7.89. The summed E-state index contributed by atoms with van der Waals surface area (Å²) in [6.45, 7) is 0.0782. The summed E-state index contributed by atoms with van der Waals surface area (Å²) >= 11 is 5.83. The Bertz CT molecular complexity index is 909. The molecule has 0 fully saturated rings. The van der Waals surface area contributed by atoms with Crippen molar-refractivity contribution in [1.82, 2.24) is 4.72 Å². The molecule has 5 nitrogen and oxygen atoms in total. The number of sulfonamides is 1. The molecule has 0 spiro atoms. The maximum Gasteiger partial charge on any atom is 0.211 e. The second-order valence-electron chi connectivity index (χ2n) is 5.63. The molecule has 1 atom stereocenters. The highest BCUT2D eigenvalue weighted by Crippen LogP contribution is 2.26. The molecule has 0 aliphatic rings. The molecule has 27 heavy (non-hydrogen) atoms. The Morgan fingerprint density at radius 3 is 2.41 bits per heavy atom. The van der Waals surface area contributed by atoms with E-state index in [4.69, 9.17) is 11.6 Å². The van der Waals surface area contributed by atoms with Crippen LogP contribution in [0, 0.1) is 11.6 Å². The first-order chi connectivity index (χ1) is 12.7. The van der Waals surface area contributed by atoms with Crippen molar-refractivity contribution in [2.45, 2.75) is 17.7 Å². The number of unbranched alkanes of at least 4 members (excludes halogenated alkanes) is 1. The number of hydrogen-bond donors (Lipinski definition) is 1. The van der Waals surface area contributed by atoms with E-state index in [9.17, 15) is 21.4 Å². The van der Waals surface area contributed by atoms with E-state index in [1.54, 1.807) is 12.1 Å². The van der Waals surface area contributed by atoms with Crippen LogP contribution in [0.4, 0.5) is 14.5 Å². The molecule has 2 rings (SSSR count). The third-order valence-electron chi connectivity index (χ3n) is 3.73. The summed E-state index contributed by atoms with van der Waals surface area (Å²) in [7, 11) is -3.87. The van der Waals surface area contributed by atoms with Crippen LogP contribution in [0.5, 0.6) is 0 Å². The van der Waals surface area contributed by atoms with E-state index in [2.05, 4.69) is 4.72 Å². The average Bonchev–Trinajstić information content (AvgIpc) is 2.64. The predicted octanol–water partition coefficient (Wildman–Crippen LogP) is 3.48. The number of nitrogens with zero attached hydrogens (tertiary/aromatic N) is 1. The molecule has 0 aliphatic carbocycles. The minimum atomic E-state index is -3.37. The summed E-state index contributed by atoms with van der Waals surface area (Å²) in [5.41, 5.74) is -0.153. The van der Waals surface area contributed by atoms with Crippen LogP contribution in [0.3, 0.4) is 0 Å². The minimum Gasteiger partial charge on any atom is -0.285 e. The fourth-order valence-corrected chi connectivity index (χ4v) is 4.45. The molecular weight excluding hydrogens is 418 g/mol. The SMILES string of the molecule is CNS(=O)(=O)CCCCN(c1cc(F)ccc1F)S(=O)c1ccc(Cl)cc1. The molecule has 148 valence electrons. The molecule has 1 unspecified atom stereocenters. The molecular formula is C17H19ClF2N2O3S2. The van der Waals surface area contributed by atoms with Gasteiger partial charge in [-0.05, 0) is 56.3 Å². The van der Waals surface area contributed by atoms with Crippen molar-refractivity contribution in [2.24, 2.45) is 0 Å². The van der Waals surface area contributed by atoms with Gasteiger partial charge < -0.3 is 0 Å². The topological polar surface area (TPSA) is 66.5 Å². The molecule has 0 heterocycles. The van der Waals surface area contributed by atoms with Gasteiger partial charge in [-0.2, -0.15) is 0 Å². The smallest absolute Gasteiger partial charge is 0.211 e. The van der Waals surface area contributed by atoms with Crippen molar-refractivity contribution in [3.8, 4) is 0 Å².